The summed E-state index contributed by atoms with van der Waals surface area (Å²) in [7, 11) is 0. The lowest BCUT2D eigenvalue weighted by atomic mass is 10.1. The molecule has 1 aromatic rings. The molecule has 156 valence electrons. The molecule has 1 aromatic carbocycles. The van der Waals surface area contributed by atoms with Gasteiger partial charge in [0, 0.05) is 18.5 Å². The van der Waals surface area contributed by atoms with Gasteiger partial charge in [0.25, 0.3) is 0 Å². The van der Waals surface area contributed by atoms with Gasteiger partial charge in [0.15, 0.2) is 0 Å². The number of carbonyl (C=O) groups is 2. The monoisotopic (exact) mass is 400 g/mol. The number of benzene rings is 1. The Morgan fingerprint density at radius 2 is 1.75 bits per heavy atom. The molecule has 0 spiro atoms. The second-order valence-corrected chi connectivity index (χ2v) is 8.09. The summed E-state index contributed by atoms with van der Waals surface area (Å²) < 4.78 is 42.9. The van der Waals surface area contributed by atoms with Gasteiger partial charge in [-0.1, -0.05) is 12.1 Å². The number of nitrogens with one attached hydrogen (secondary N) is 2. The van der Waals surface area contributed by atoms with Crippen LogP contribution in [0.5, 0.6) is 0 Å². The van der Waals surface area contributed by atoms with E-state index in [-0.39, 0.29) is 17.9 Å². The predicted molar refractivity (Wildman–Crippen MR) is 98.7 cm³/mol. The lowest BCUT2D eigenvalue weighted by Gasteiger charge is -2.21. The summed E-state index contributed by atoms with van der Waals surface area (Å²) >= 11 is 0. The summed E-state index contributed by atoms with van der Waals surface area (Å²) in [6, 6.07) is 4.83. The Labute approximate surface area is 163 Å². The van der Waals surface area contributed by atoms with Crippen molar-refractivity contribution in [3.63, 3.8) is 0 Å². The molecule has 2 rings (SSSR count). The number of carbonyl (C=O) groups excluding carboxylic acids is 2. The molecule has 2 N–H and O–H groups in total. The second kappa shape index (κ2) is 8.84. The summed E-state index contributed by atoms with van der Waals surface area (Å²) in [5, 5.41) is 5.61. The molecule has 2 amide bonds. The zero-order valence-corrected chi connectivity index (χ0v) is 16.4. The summed E-state index contributed by atoms with van der Waals surface area (Å²) in [4.78, 5) is 24.1. The van der Waals surface area contributed by atoms with E-state index in [1.807, 2.05) is 0 Å². The Bertz CT molecular complexity index is 681. The van der Waals surface area contributed by atoms with E-state index in [9.17, 15) is 22.8 Å². The van der Waals surface area contributed by atoms with Crippen molar-refractivity contribution < 1.29 is 27.5 Å². The van der Waals surface area contributed by atoms with Gasteiger partial charge in [-0.2, -0.15) is 13.2 Å². The van der Waals surface area contributed by atoms with Crippen molar-refractivity contribution in [1.29, 1.82) is 0 Å². The third-order valence-corrected chi connectivity index (χ3v) is 4.52. The third kappa shape index (κ3) is 7.05. The van der Waals surface area contributed by atoms with Crippen molar-refractivity contribution >= 4 is 12.0 Å². The first kappa shape index (κ1) is 22.0. The molecule has 1 aliphatic rings. The van der Waals surface area contributed by atoms with E-state index in [2.05, 4.69) is 10.6 Å². The van der Waals surface area contributed by atoms with Crippen LogP contribution in [0.1, 0.15) is 51.2 Å². The Balaban J connectivity index is 1.72. The highest BCUT2D eigenvalue weighted by Gasteiger charge is 2.32. The second-order valence-electron chi connectivity index (χ2n) is 8.09. The molecular weight excluding hydrogens is 373 g/mol. The maximum Gasteiger partial charge on any atom is 0.416 e. The largest absolute Gasteiger partial charge is 0.444 e. The van der Waals surface area contributed by atoms with Crippen molar-refractivity contribution in [3.05, 3.63) is 35.4 Å². The molecule has 8 heteroatoms. The van der Waals surface area contributed by atoms with Gasteiger partial charge in [-0.3, -0.25) is 4.79 Å². The van der Waals surface area contributed by atoms with E-state index in [0.717, 1.165) is 17.7 Å². The molecule has 1 saturated carbocycles. The van der Waals surface area contributed by atoms with E-state index >= 15 is 0 Å². The molecule has 28 heavy (non-hydrogen) atoms. The molecule has 0 heterocycles. The van der Waals surface area contributed by atoms with Gasteiger partial charge in [0.1, 0.15) is 5.60 Å². The minimum atomic E-state index is -4.35. The predicted octanol–water partition coefficient (Wildman–Crippen LogP) is 4.06. The third-order valence-electron chi connectivity index (χ3n) is 4.52. The summed E-state index contributed by atoms with van der Waals surface area (Å²) in [5.41, 5.74) is -0.531. The number of amides is 2. The van der Waals surface area contributed by atoms with Crippen LogP contribution in [0.4, 0.5) is 18.0 Å². The topological polar surface area (TPSA) is 67.4 Å². The van der Waals surface area contributed by atoms with Crippen molar-refractivity contribution in [1.82, 2.24) is 10.6 Å². The van der Waals surface area contributed by atoms with E-state index < -0.39 is 23.4 Å². The van der Waals surface area contributed by atoms with Gasteiger partial charge in [0.2, 0.25) is 5.91 Å². The summed E-state index contributed by atoms with van der Waals surface area (Å²) in [5.74, 6) is -0.284. The smallest absolute Gasteiger partial charge is 0.416 e. The van der Waals surface area contributed by atoms with Gasteiger partial charge in [-0.15, -0.1) is 0 Å². The Morgan fingerprint density at radius 3 is 2.32 bits per heavy atom. The average Bonchev–Trinajstić information content (AvgIpc) is 3.01. The molecule has 1 aliphatic carbocycles. The van der Waals surface area contributed by atoms with Gasteiger partial charge >= 0.3 is 12.3 Å². The van der Waals surface area contributed by atoms with E-state index in [1.54, 1.807) is 20.8 Å². The summed E-state index contributed by atoms with van der Waals surface area (Å²) in [6.45, 7) is 5.71. The molecule has 0 saturated heterocycles. The van der Waals surface area contributed by atoms with Gasteiger partial charge < -0.3 is 15.4 Å². The molecular formula is C20H27F3N2O3. The minimum absolute atomic E-state index is 0.0967. The average molecular weight is 400 g/mol. The fourth-order valence-electron chi connectivity index (χ4n) is 3.16. The van der Waals surface area contributed by atoms with E-state index in [0.29, 0.717) is 32.2 Å². The molecule has 1 fully saturated rings. The van der Waals surface area contributed by atoms with Crippen LogP contribution < -0.4 is 10.6 Å². The van der Waals surface area contributed by atoms with Crippen LogP contribution >= 0.6 is 0 Å². The number of ether oxygens (including phenoxy) is 1. The molecule has 0 aliphatic heterocycles. The number of hydrogen-bond acceptors (Lipinski definition) is 3. The standard InChI is InChI=1S/C20H27F3N2O3/c1-19(2,3)28-18(27)25-16-9-6-14(12-16)17(26)24-11-10-13-4-7-15(8-5-13)20(21,22)23/h4-5,7-8,14,16H,6,9-12H2,1-3H3,(H,24,26)(H,25,27)/t14?,16-/m0/s1. The molecule has 5 nitrogen and oxygen atoms in total. The van der Waals surface area contributed by atoms with Crippen molar-refractivity contribution in [2.24, 2.45) is 5.92 Å². The van der Waals surface area contributed by atoms with Crippen molar-refractivity contribution in [2.45, 2.75) is 64.3 Å². The highest BCUT2D eigenvalue weighted by molar-refractivity contribution is 5.79. The van der Waals surface area contributed by atoms with Crippen LogP contribution in [-0.4, -0.2) is 30.2 Å². The van der Waals surface area contributed by atoms with Crippen molar-refractivity contribution in [2.75, 3.05) is 6.54 Å². The highest BCUT2D eigenvalue weighted by atomic mass is 19.4. The number of alkyl carbamates (subject to hydrolysis) is 1. The van der Waals surface area contributed by atoms with Crippen LogP contribution in [-0.2, 0) is 22.1 Å². The first-order valence-corrected chi connectivity index (χ1v) is 9.37. The molecule has 0 bridgehead atoms. The fourth-order valence-corrected chi connectivity index (χ4v) is 3.16. The quantitative estimate of drug-likeness (QED) is 0.783. The van der Waals surface area contributed by atoms with Crippen LogP contribution in [0.3, 0.4) is 0 Å². The molecule has 1 unspecified atom stereocenters. The molecule has 0 aromatic heterocycles. The number of alkyl halides is 3. The zero-order chi connectivity index (χ0) is 20.9. The first-order valence-electron chi connectivity index (χ1n) is 9.37. The summed E-state index contributed by atoms with van der Waals surface area (Å²) in [6.07, 6.45) is -2.45. The molecule has 0 radical (unpaired) electrons. The Kier molecular flexibility index (Phi) is 6.96. The maximum absolute atomic E-state index is 12.6. The van der Waals surface area contributed by atoms with Crippen LogP contribution in [0.2, 0.25) is 0 Å². The van der Waals surface area contributed by atoms with Gasteiger partial charge in [-0.25, -0.2) is 4.79 Å². The SMILES string of the molecule is CC(C)(C)OC(=O)N[C@H]1CCC(C(=O)NCCc2ccc(C(F)(F)F)cc2)C1. The number of hydrogen-bond donors (Lipinski definition) is 2. The van der Waals surface area contributed by atoms with Crippen LogP contribution in [0.15, 0.2) is 24.3 Å². The van der Waals surface area contributed by atoms with E-state index in [4.69, 9.17) is 4.74 Å². The number of halogens is 3. The molecule has 2 atom stereocenters. The lowest BCUT2D eigenvalue weighted by Crippen LogP contribution is -2.38. The van der Waals surface area contributed by atoms with E-state index in [1.165, 1.54) is 12.1 Å². The van der Waals surface area contributed by atoms with Gasteiger partial charge in [0.05, 0.1) is 5.56 Å². The van der Waals surface area contributed by atoms with Crippen molar-refractivity contribution in [3.8, 4) is 0 Å². The Morgan fingerprint density at radius 1 is 1.11 bits per heavy atom. The van der Waals surface area contributed by atoms with Gasteiger partial charge in [-0.05, 0) is 64.2 Å². The highest BCUT2D eigenvalue weighted by Crippen LogP contribution is 2.29. The zero-order valence-electron chi connectivity index (χ0n) is 16.4. The normalized spacial score (nSPS) is 19.9. The first-order chi connectivity index (χ1) is 12.9. The minimum Gasteiger partial charge on any atom is -0.444 e. The lowest BCUT2D eigenvalue weighted by molar-refractivity contribution is -0.137. The maximum atomic E-state index is 12.6. The van der Waals surface area contributed by atoms with Crippen LogP contribution in [0.25, 0.3) is 0 Å². The van der Waals surface area contributed by atoms with Crippen LogP contribution in [0, 0.1) is 5.92 Å². The fraction of sp³-hybridized carbons (Fsp3) is 0.600. The number of rotatable bonds is 5. The Hall–Kier alpha value is -2.25.